The molecule has 1 saturated heterocycles. The summed E-state index contributed by atoms with van der Waals surface area (Å²) in [4.78, 5) is 8.47. The second-order valence-corrected chi connectivity index (χ2v) is 4.79. The Morgan fingerprint density at radius 3 is 2.94 bits per heavy atom. The molecular weight excluding hydrogens is 230 g/mol. The Morgan fingerprint density at radius 1 is 1.50 bits per heavy atom. The van der Waals surface area contributed by atoms with Gasteiger partial charge in [0.15, 0.2) is 0 Å². The molecule has 1 aromatic rings. The Morgan fingerprint density at radius 2 is 2.33 bits per heavy atom. The Balaban J connectivity index is 2.10. The lowest BCUT2D eigenvalue weighted by atomic mass is 10.1. The third-order valence-corrected chi connectivity index (χ3v) is 3.09. The number of rotatable bonds is 5. The maximum absolute atomic E-state index is 5.81. The van der Waals surface area contributed by atoms with Gasteiger partial charge in [0.2, 0.25) is 5.88 Å². The molecule has 0 saturated carbocycles. The Labute approximate surface area is 108 Å². The zero-order valence-electron chi connectivity index (χ0n) is 11.3. The fourth-order valence-electron chi connectivity index (χ4n) is 2.16. The topological polar surface area (TPSA) is 56.3 Å². The van der Waals surface area contributed by atoms with E-state index in [1.807, 2.05) is 7.05 Å². The van der Waals surface area contributed by atoms with Crippen LogP contribution < -0.4 is 10.1 Å². The zero-order chi connectivity index (χ0) is 13.0. The number of nitrogens with zero attached hydrogens (tertiary/aromatic N) is 2. The second kappa shape index (κ2) is 6.00. The van der Waals surface area contributed by atoms with E-state index in [4.69, 9.17) is 9.47 Å². The van der Waals surface area contributed by atoms with Gasteiger partial charge in [-0.25, -0.2) is 9.97 Å². The standard InChI is InChI=1S/C13H21N3O2/c1-9(2)11-12(14-3)15-8-16-13(11)18-7-10-5-4-6-17-10/h8-10H,4-7H2,1-3H3,(H,14,15,16). The summed E-state index contributed by atoms with van der Waals surface area (Å²) in [5, 5.41) is 3.08. The van der Waals surface area contributed by atoms with Crippen molar-refractivity contribution in [1.82, 2.24) is 9.97 Å². The molecule has 1 atom stereocenters. The first-order chi connectivity index (χ1) is 8.72. The Hall–Kier alpha value is -1.36. The van der Waals surface area contributed by atoms with E-state index in [-0.39, 0.29) is 6.10 Å². The summed E-state index contributed by atoms with van der Waals surface area (Å²) in [5.41, 5.74) is 1.03. The predicted octanol–water partition coefficient (Wildman–Crippen LogP) is 2.20. The molecule has 1 aliphatic heterocycles. The number of hydrogen-bond donors (Lipinski definition) is 1. The molecule has 1 aliphatic rings. The first-order valence-corrected chi connectivity index (χ1v) is 6.49. The quantitative estimate of drug-likeness (QED) is 0.869. The van der Waals surface area contributed by atoms with E-state index in [2.05, 4.69) is 29.1 Å². The van der Waals surface area contributed by atoms with Crippen LogP contribution in [0.5, 0.6) is 5.88 Å². The van der Waals surface area contributed by atoms with Crippen molar-refractivity contribution in [3.63, 3.8) is 0 Å². The molecule has 0 aromatic carbocycles. The minimum Gasteiger partial charge on any atom is -0.475 e. The van der Waals surface area contributed by atoms with Crippen LogP contribution >= 0.6 is 0 Å². The first-order valence-electron chi connectivity index (χ1n) is 6.49. The summed E-state index contributed by atoms with van der Waals surface area (Å²) in [5.74, 6) is 1.82. The van der Waals surface area contributed by atoms with E-state index < -0.39 is 0 Å². The van der Waals surface area contributed by atoms with Crippen LogP contribution in [0.3, 0.4) is 0 Å². The number of anilines is 1. The maximum atomic E-state index is 5.81. The molecule has 5 nitrogen and oxygen atoms in total. The van der Waals surface area contributed by atoms with Gasteiger partial charge in [-0.15, -0.1) is 0 Å². The van der Waals surface area contributed by atoms with Crippen molar-refractivity contribution in [3.8, 4) is 5.88 Å². The minimum atomic E-state index is 0.206. The third kappa shape index (κ3) is 2.90. The molecule has 18 heavy (non-hydrogen) atoms. The maximum Gasteiger partial charge on any atom is 0.222 e. The molecular formula is C13H21N3O2. The lowest BCUT2D eigenvalue weighted by molar-refractivity contribution is 0.0658. The molecule has 100 valence electrons. The molecule has 1 N–H and O–H groups in total. The van der Waals surface area contributed by atoms with Gasteiger partial charge in [-0.3, -0.25) is 0 Å². The van der Waals surface area contributed by atoms with Gasteiger partial charge in [0.1, 0.15) is 18.8 Å². The highest BCUT2D eigenvalue weighted by Crippen LogP contribution is 2.30. The predicted molar refractivity (Wildman–Crippen MR) is 70.1 cm³/mol. The van der Waals surface area contributed by atoms with Crippen molar-refractivity contribution >= 4 is 5.82 Å². The van der Waals surface area contributed by atoms with Crippen molar-refractivity contribution < 1.29 is 9.47 Å². The summed E-state index contributed by atoms with van der Waals surface area (Å²) in [7, 11) is 1.86. The lowest BCUT2D eigenvalue weighted by Gasteiger charge is -2.17. The normalized spacial score (nSPS) is 19.2. The summed E-state index contributed by atoms with van der Waals surface area (Å²) in [6, 6.07) is 0. The average molecular weight is 251 g/mol. The molecule has 0 bridgehead atoms. The monoisotopic (exact) mass is 251 g/mol. The highest BCUT2D eigenvalue weighted by Gasteiger charge is 2.19. The van der Waals surface area contributed by atoms with Gasteiger partial charge in [0.25, 0.3) is 0 Å². The highest BCUT2D eigenvalue weighted by molar-refractivity contribution is 5.50. The third-order valence-electron chi connectivity index (χ3n) is 3.09. The number of hydrogen-bond acceptors (Lipinski definition) is 5. The summed E-state index contributed by atoms with van der Waals surface area (Å²) in [6.45, 7) is 5.63. The smallest absolute Gasteiger partial charge is 0.222 e. The van der Waals surface area contributed by atoms with Crippen LogP contribution in [-0.2, 0) is 4.74 Å². The molecule has 0 spiro atoms. The lowest BCUT2D eigenvalue weighted by Crippen LogP contribution is -2.18. The number of ether oxygens (including phenoxy) is 2. The van der Waals surface area contributed by atoms with E-state index in [1.165, 1.54) is 6.33 Å². The van der Waals surface area contributed by atoms with Crippen LogP contribution in [0.25, 0.3) is 0 Å². The van der Waals surface area contributed by atoms with Gasteiger partial charge < -0.3 is 14.8 Å². The molecule has 0 aliphatic carbocycles. The van der Waals surface area contributed by atoms with Crippen LogP contribution in [0.4, 0.5) is 5.82 Å². The van der Waals surface area contributed by atoms with Gasteiger partial charge in [0.05, 0.1) is 11.7 Å². The molecule has 1 fully saturated rings. The molecule has 0 amide bonds. The largest absolute Gasteiger partial charge is 0.475 e. The van der Waals surface area contributed by atoms with E-state index in [9.17, 15) is 0 Å². The zero-order valence-corrected chi connectivity index (χ0v) is 11.3. The SMILES string of the molecule is CNc1ncnc(OCC2CCCO2)c1C(C)C. The van der Waals surface area contributed by atoms with Crippen LogP contribution in [0.2, 0.25) is 0 Å². The van der Waals surface area contributed by atoms with E-state index in [1.54, 1.807) is 0 Å². The van der Waals surface area contributed by atoms with Crippen molar-refractivity contribution in [2.75, 3.05) is 25.6 Å². The molecule has 1 unspecified atom stereocenters. The minimum absolute atomic E-state index is 0.206. The van der Waals surface area contributed by atoms with Crippen LogP contribution in [0, 0.1) is 0 Å². The van der Waals surface area contributed by atoms with Crippen molar-refractivity contribution in [3.05, 3.63) is 11.9 Å². The number of nitrogens with one attached hydrogen (secondary N) is 1. The van der Waals surface area contributed by atoms with Crippen LogP contribution in [0.1, 0.15) is 38.2 Å². The summed E-state index contributed by atoms with van der Waals surface area (Å²) < 4.78 is 11.4. The molecule has 2 heterocycles. The van der Waals surface area contributed by atoms with E-state index in [0.717, 1.165) is 30.8 Å². The second-order valence-electron chi connectivity index (χ2n) is 4.79. The van der Waals surface area contributed by atoms with Crippen molar-refractivity contribution in [2.45, 2.75) is 38.7 Å². The molecule has 5 heteroatoms. The van der Waals surface area contributed by atoms with E-state index >= 15 is 0 Å². The van der Waals surface area contributed by atoms with Crippen LogP contribution in [0.15, 0.2) is 6.33 Å². The Bertz CT molecular complexity index is 390. The van der Waals surface area contributed by atoms with Gasteiger partial charge >= 0.3 is 0 Å². The molecule has 2 rings (SSSR count). The summed E-state index contributed by atoms with van der Waals surface area (Å²) >= 11 is 0. The fraction of sp³-hybridized carbons (Fsp3) is 0.692. The van der Waals surface area contributed by atoms with Gasteiger partial charge in [-0.1, -0.05) is 13.8 Å². The van der Waals surface area contributed by atoms with Gasteiger partial charge in [0, 0.05) is 13.7 Å². The van der Waals surface area contributed by atoms with Crippen molar-refractivity contribution in [2.24, 2.45) is 0 Å². The Kier molecular flexibility index (Phi) is 4.36. The first kappa shape index (κ1) is 13.1. The van der Waals surface area contributed by atoms with Gasteiger partial charge in [-0.05, 0) is 18.8 Å². The van der Waals surface area contributed by atoms with Gasteiger partial charge in [-0.2, -0.15) is 0 Å². The van der Waals surface area contributed by atoms with Crippen molar-refractivity contribution in [1.29, 1.82) is 0 Å². The number of aromatic nitrogens is 2. The summed E-state index contributed by atoms with van der Waals surface area (Å²) in [6.07, 6.45) is 3.93. The average Bonchev–Trinajstić information content (AvgIpc) is 2.88. The van der Waals surface area contributed by atoms with E-state index in [0.29, 0.717) is 18.4 Å². The fourth-order valence-corrected chi connectivity index (χ4v) is 2.16. The molecule has 0 radical (unpaired) electrons. The highest BCUT2D eigenvalue weighted by atomic mass is 16.5. The van der Waals surface area contributed by atoms with Crippen LogP contribution in [-0.4, -0.2) is 36.3 Å². The molecule has 1 aromatic heterocycles.